The zero-order chi connectivity index (χ0) is 21.3. The minimum Gasteiger partial charge on any atom is -0.459 e. The van der Waals surface area contributed by atoms with Crippen LogP contribution in [0.2, 0.25) is 0 Å². The van der Waals surface area contributed by atoms with E-state index < -0.39 is 0 Å². The number of rotatable bonds is 17. The molecule has 0 unspecified atom stereocenters. The van der Waals surface area contributed by atoms with Crippen LogP contribution in [-0.4, -0.2) is 18.2 Å². The quantitative estimate of drug-likeness (QED) is 0.195. The average molecular weight is 415 g/mol. The maximum atomic E-state index is 11.5. The predicted molar refractivity (Wildman–Crippen MR) is 124 cm³/mol. The molecule has 30 heavy (non-hydrogen) atoms. The van der Waals surface area contributed by atoms with E-state index in [0.29, 0.717) is 6.61 Å². The lowest BCUT2D eigenvalue weighted by molar-refractivity contribution is -0.146. The van der Waals surface area contributed by atoms with E-state index >= 15 is 0 Å². The first-order chi connectivity index (χ1) is 14.8. The Kier molecular flexibility index (Phi) is 13.3. The summed E-state index contributed by atoms with van der Waals surface area (Å²) in [7, 11) is 0. The van der Waals surface area contributed by atoms with Gasteiger partial charge in [0.2, 0.25) is 0 Å². The molecular formula is C27H42O3. The number of ether oxygens (including phenoxy) is 2. The van der Waals surface area contributed by atoms with Crippen molar-refractivity contribution < 1.29 is 14.3 Å². The van der Waals surface area contributed by atoms with Crippen LogP contribution in [0.25, 0.3) is 0 Å². The first kappa shape index (κ1) is 24.7. The van der Waals surface area contributed by atoms with Gasteiger partial charge in [-0.2, -0.15) is 0 Å². The maximum absolute atomic E-state index is 11.5. The lowest BCUT2D eigenvalue weighted by atomic mass is 10.0. The highest BCUT2D eigenvalue weighted by molar-refractivity contribution is 5.82. The Bertz CT molecular complexity index is 581. The van der Waals surface area contributed by atoms with Crippen LogP contribution in [0.3, 0.4) is 0 Å². The number of hydrogen-bond donors (Lipinski definition) is 0. The molecule has 0 fully saturated rings. The summed E-state index contributed by atoms with van der Waals surface area (Å²) in [6.45, 7) is 2.90. The monoisotopic (exact) mass is 414 g/mol. The second kappa shape index (κ2) is 16.1. The predicted octanol–water partition coefficient (Wildman–Crippen LogP) is 7.53. The fourth-order valence-electron chi connectivity index (χ4n) is 4.10. The number of carbonyl (C=O) groups is 1. The number of hydrogen-bond acceptors (Lipinski definition) is 3. The molecule has 0 aromatic heterocycles. The molecule has 1 aromatic rings. The molecule has 0 N–H and O–H groups in total. The Morgan fingerprint density at radius 2 is 1.57 bits per heavy atom. The number of carbonyl (C=O) groups excluding carboxylic acids is 1. The van der Waals surface area contributed by atoms with E-state index in [4.69, 9.17) is 9.47 Å². The lowest BCUT2D eigenvalue weighted by Crippen LogP contribution is -2.27. The molecule has 0 bridgehead atoms. The van der Waals surface area contributed by atoms with Gasteiger partial charge in [0.1, 0.15) is 6.10 Å². The van der Waals surface area contributed by atoms with Gasteiger partial charge in [-0.3, -0.25) is 0 Å². The summed E-state index contributed by atoms with van der Waals surface area (Å²) in [5.41, 5.74) is 1.20. The molecule has 168 valence electrons. The van der Waals surface area contributed by atoms with Crippen molar-refractivity contribution >= 4 is 5.97 Å². The van der Waals surface area contributed by atoms with Crippen molar-refractivity contribution in [3.63, 3.8) is 0 Å². The zero-order valence-electron chi connectivity index (χ0n) is 19.0. The highest BCUT2D eigenvalue weighted by atomic mass is 16.5. The van der Waals surface area contributed by atoms with Gasteiger partial charge in [0.15, 0.2) is 0 Å². The SMILES string of the molecule is CCCCCCCCCCCCC[C@H](C[C@H]1CC=CC(=O)O1)OCc1ccccc1. The van der Waals surface area contributed by atoms with Gasteiger partial charge in [-0.25, -0.2) is 4.79 Å². The van der Waals surface area contributed by atoms with Gasteiger partial charge in [0, 0.05) is 18.9 Å². The van der Waals surface area contributed by atoms with Gasteiger partial charge >= 0.3 is 5.97 Å². The smallest absolute Gasteiger partial charge is 0.330 e. The first-order valence-electron chi connectivity index (χ1n) is 12.3. The summed E-state index contributed by atoms with van der Waals surface area (Å²) in [6.07, 6.45) is 21.0. The van der Waals surface area contributed by atoms with Crippen LogP contribution in [0.15, 0.2) is 42.5 Å². The van der Waals surface area contributed by atoms with E-state index in [9.17, 15) is 4.79 Å². The average Bonchev–Trinajstić information content (AvgIpc) is 2.76. The molecule has 0 saturated carbocycles. The molecule has 2 rings (SSSR count). The molecule has 3 heteroatoms. The third-order valence-electron chi connectivity index (χ3n) is 5.92. The number of cyclic esters (lactones) is 1. The van der Waals surface area contributed by atoms with Crippen molar-refractivity contribution in [2.24, 2.45) is 0 Å². The molecule has 1 aliphatic heterocycles. The molecule has 1 heterocycles. The Morgan fingerprint density at radius 1 is 0.933 bits per heavy atom. The summed E-state index contributed by atoms with van der Waals surface area (Å²) in [4.78, 5) is 11.5. The Hall–Kier alpha value is -1.61. The van der Waals surface area contributed by atoms with Crippen LogP contribution in [0.5, 0.6) is 0 Å². The van der Waals surface area contributed by atoms with E-state index in [2.05, 4.69) is 19.1 Å². The lowest BCUT2D eigenvalue weighted by Gasteiger charge is -2.25. The van der Waals surface area contributed by atoms with Gasteiger partial charge in [-0.1, -0.05) is 114 Å². The molecule has 1 aliphatic rings. The molecule has 2 atom stereocenters. The first-order valence-corrected chi connectivity index (χ1v) is 12.3. The van der Waals surface area contributed by atoms with Crippen LogP contribution in [0, 0.1) is 0 Å². The van der Waals surface area contributed by atoms with E-state index in [1.807, 2.05) is 24.3 Å². The van der Waals surface area contributed by atoms with Gasteiger partial charge in [0.25, 0.3) is 0 Å². The number of benzene rings is 1. The molecule has 0 amide bonds. The summed E-state index contributed by atoms with van der Waals surface area (Å²) in [6, 6.07) is 10.3. The van der Waals surface area contributed by atoms with E-state index in [0.717, 1.165) is 19.3 Å². The normalized spacial score (nSPS) is 17.1. The maximum Gasteiger partial charge on any atom is 0.330 e. The highest BCUT2D eigenvalue weighted by Crippen LogP contribution is 2.21. The standard InChI is InChI=1S/C27H42O3/c1-2-3-4-5-6-7-8-9-10-11-15-19-25(22-26-20-16-21-27(28)30-26)29-23-24-17-13-12-14-18-24/h12-14,16-18,21,25-26H,2-11,15,19-20,22-23H2,1H3/t25-,26-/m1/s1. The van der Waals surface area contributed by atoms with Crippen LogP contribution in [0.4, 0.5) is 0 Å². The highest BCUT2D eigenvalue weighted by Gasteiger charge is 2.21. The van der Waals surface area contributed by atoms with Crippen molar-refractivity contribution in [2.75, 3.05) is 0 Å². The minimum atomic E-state index is -0.220. The minimum absolute atomic E-state index is 0.0454. The molecular weight excluding hydrogens is 372 g/mol. The second-order valence-corrected chi connectivity index (χ2v) is 8.68. The Labute approximate surface area is 184 Å². The van der Waals surface area contributed by atoms with Gasteiger partial charge in [-0.15, -0.1) is 0 Å². The van der Waals surface area contributed by atoms with E-state index in [-0.39, 0.29) is 18.2 Å². The molecule has 0 spiro atoms. The molecule has 0 aliphatic carbocycles. The van der Waals surface area contributed by atoms with Crippen molar-refractivity contribution in [3.05, 3.63) is 48.0 Å². The zero-order valence-corrected chi connectivity index (χ0v) is 19.0. The van der Waals surface area contributed by atoms with Gasteiger partial charge in [-0.05, 0) is 12.0 Å². The topological polar surface area (TPSA) is 35.5 Å². The molecule has 1 aromatic carbocycles. The van der Waals surface area contributed by atoms with Crippen molar-refractivity contribution in [1.29, 1.82) is 0 Å². The summed E-state index contributed by atoms with van der Waals surface area (Å²) in [5, 5.41) is 0. The fourth-order valence-corrected chi connectivity index (χ4v) is 4.10. The summed E-state index contributed by atoms with van der Waals surface area (Å²) < 4.78 is 11.7. The van der Waals surface area contributed by atoms with Gasteiger partial charge in [0.05, 0.1) is 12.7 Å². The van der Waals surface area contributed by atoms with E-state index in [1.165, 1.54) is 82.3 Å². The van der Waals surface area contributed by atoms with Gasteiger partial charge < -0.3 is 9.47 Å². The van der Waals surface area contributed by atoms with Crippen molar-refractivity contribution in [1.82, 2.24) is 0 Å². The van der Waals surface area contributed by atoms with Crippen LogP contribution in [0.1, 0.15) is 102 Å². The van der Waals surface area contributed by atoms with Crippen molar-refractivity contribution in [2.45, 2.75) is 116 Å². The fraction of sp³-hybridized carbons (Fsp3) is 0.667. The second-order valence-electron chi connectivity index (χ2n) is 8.68. The Balaban J connectivity index is 1.61. The molecule has 0 saturated heterocycles. The number of esters is 1. The largest absolute Gasteiger partial charge is 0.459 e. The summed E-state index contributed by atoms with van der Waals surface area (Å²) >= 11 is 0. The van der Waals surface area contributed by atoms with Crippen LogP contribution >= 0.6 is 0 Å². The Morgan fingerprint density at radius 3 is 2.20 bits per heavy atom. The van der Waals surface area contributed by atoms with Crippen molar-refractivity contribution in [3.8, 4) is 0 Å². The van der Waals surface area contributed by atoms with Crippen LogP contribution < -0.4 is 0 Å². The molecule has 3 nitrogen and oxygen atoms in total. The number of unbranched alkanes of at least 4 members (excludes halogenated alkanes) is 10. The third-order valence-corrected chi connectivity index (χ3v) is 5.92. The van der Waals surface area contributed by atoms with E-state index in [1.54, 1.807) is 0 Å². The van der Waals surface area contributed by atoms with Crippen LogP contribution in [-0.2, 0) is 20.9 Å². The third kappa shape index (κ3) is 11.5. The summed E-state index contributed by atoms with van der Waals surface area (Å²) in [5.74, 6) is -0.220. The molecule has 0 radical (unpaired) electrons.